The van der Waals surface area contributed by atoms with E-state index in [1.54, 1.807) is 0 Å². The number of unbranched alkanes of at least 4 members (excludes halogenated alkanes) is 40. The number of carbonyl (C=O) groups is 4. The number of phosphoric ester groups is 2. The molecule has 19 heteroatoms. The van der Waals surface area contributed by atoms with Gasteiger partial charge in [0.25, 0.3) is 0 Å². The van der Waals surface area contributed by atoms with E-state index in [0.717, 1.165) is 127 Å². The minimum atomic E-state index is -4.97. The van der Waals surface area contributed by atoms with E-state index in [1.807, 2.05) is 0 Å². The molecule has 0 aromatic carbocycles. The van der Waals surface area contributed by atoms with E-state index in [4.69, 9.17) is 37.0 Å². The molecule has 3 N–H and O–H groups in total. The molecule has 0 heterocycles. The Labute approximate surface area is 612 Å². The van der Waals surface area contributed by atoms with Crippen LogP contribution >= 0.6 is 15.6 Å². The molecule has 0 aromatic heterocycles. The van der Waals surface area contributed by atoms with Crippen molar-refractivity contribution in [2.75, 3.05) is 39.6 Å². The zero-order valence-electron chi connectivity index (χ0n) is 65.2. The van der Waals surface area contributed by atoms with E-state index in [2.05, 4.69) is 72.8 Å². The van der Waals surface area contributed by atoms with Gasteiger partial charge in [-0.1, -0.05) is 342 Å². The van der Waals surface area contributed by atoms with Crippen LogP contribution in [0.25, 0.3) is 0 Å². The number of carbonyl (C=O) groups excluding carboxylic acids is 4. The summed E-state index contributed by atoms with van der Waals surface area (Å²) in [5.74, 6) is 0.254. The molecule has 0 bridgehead atoms. The van der Waals surface area contributed by atoms with Crippen molar-refractivity contribution in [3.8, 4) is 0 Å². The fourth-order valence-electron chi connectivity index (χ4n) is 11.9. The summed E-state index contributed by atoms with van der Waals surface area (Å²) in [5.41, 5.74) is 0. The van der Waals surface area contributed by atoms with Gasteiger partial charge in [-0.05, 0) is 69.1 Å². The minimum Gasteiger partial charge on any atom is -0.462 e. The summed E-state index contributed by atoms with van der Waals surface area (Å²) in [6, 6.07) is 0. The van der Waals surface area contributed by atoms with E-state index >= 15 is 0 Å². The molecule has 590 valence electrons. The van der Waals surface area contributed by atoms with Gasteiger partial charge >= 0.3 is 39.5 Å². The number of esters is 4. The molecule has 0 aliphatic rings. The maximum atomic E-state index is 13.1. The summed E-state index contributed by atoms with van der Waals surface area (Å²) in [6.45, 7) is 11.9. The van der Waals surface area contributed by atoms with Gasteiger partial charge in [0.1, 0.15) is 19.3 Å². The molecule has 0 fully saturated rings. The van der Waals surface area contributed by atoms with Crippen molar-refractivity contribution in [3.63, 3.8) is 0 Å². The van der Waals surface area contributed by atoms with Crippen LogP contribution in [0.3, 0.4) is 0 Å². The second-order valence-corrected chi connectivity index (χ2v) is 32.3. The van der Waals surface area contributed by atoms with Crippen LogP contribution in [0.5, 0.6) is 0 Å². The molecular weight excluding hydrogens is 1310 g/mol. The maximum absolute atomic E-state index is 13.1. The Morgan fingerprint density at radius 2 is 0.590 bits per heavy atom. The van der Waals surface area contributed by atoms with Crippen LogP contribution in [-0.2, 0) is 65.4 Å². The van der Waals surface area contributed by atoms with Gasteiger partial charge in [0, 0.05) is 25.7 Å². The van der Waals surface area contributed by atoms with Gasteiger partial charge in [0.15, 0.2) is 12.2 Å². The first-order valence-corrected chi connectivity index (χ1v) is 44.2. The molecule has 0 aliphatic heterocycles. The topological polar surface area (TPSA) is 237 Å². The van der Waals surface area contributed by atoms with E-state index in [-0.39, 0.29) is 25.7 Å². The molecule has 0 aromatic rings. The highest BCUT2D eigenvalue weighted by Crippen LogP contribution is 2.45. The van der Waals surface area contributed by atoms with Crippen LogP contribution in [0.15, 0.2) is 24.3 Å². The van der Waals surface area contributed by atoms with Gasteiger partial charge in [-0.2, -0.15) is 0 Å². The number of phosphoric acid groups is 2. The molecule has 7 atom stereocenters. The summed E-state index contributed by atoms with van der Waals surface area (Å²) in [4.78, 5) is 73.0. The second-order valence-electron chi connectivity index (χ2n) is 29.4. The lowest BCUT2D eigenvalue weighted by atomic mass is 9.99. The lowest BCUT2D eigenvalue weighted by molar-refractivity contribution is -0.161. The van der Waals surface area contributed by atoms with Crippen molar-refractivity contribution in [1.82, 2.24) is 0 Å². The SMILES string of the molecule is CCCCCC/C=C\C=C/CCCCCCCC(=O)OC[C@H](COP(=O)(O)OC[C@@H](O)COP(=O)(O)OC[C@@H](COC(=O)CCCCCCCCCCC(C)CC)OC(=O)CCCCCCCCCCCCCCC(C)C)OC(=O)CCCCCCCCCCCCCCCCC(C)CC. The predicted octanol–water partition coefficient (Wildman–Crippen LogP) is 23.7. The van der Waals surface area contributed by atoms with Gasteiger partial charge in [-0.3, -0.25) is 37.3 Å². The number of hydrogen-bond donors (Lipinski definition) is 3. The Morgan fingerprint density at radius 1 is 0.330 bits per heavy atom. The van der Waals surface area contributed by atoms with Crippen LogP contribution in [0, 0.1) is 17.8 Å². The van der Waals surface area contributed by atoms with Crippen molar-refractivity contribution in [3.05, 3.63) is 24.3 Å². The third kappa shape index (κ3) is 71.2. The maximum Gasteiger partial charge on any atom is 0.472 e. The van der Waals surface area contributed by atoms with E-state index in [9.17, 15) is 43.2 Å². The normalized spacial score (nSPS) is 14.7. The third-order valence-corrected chi connectivity index (χ3v) is 20.9. The largest absolute Gasteiger partial charge is 0.472 e. The van der Waals surface area contributed by atoms with Crippen LogP contribution in [0.2, 0.25) is 0 Å². The Kier molecular flexibility index (Phi) is 69.1. The molecule has 17 nitrogen and oxygen atoms in total. The van der Waals surface area contributed by atoms with Crippen molar-refractivity contribution in [2.24, 2.45) is 17.8 Å². The molecule has 0 saturated heterocycles. The number of ether oxygens (including phenoxy) is 4. The average molecular weight is 1460 g/mol. The fourth-order valence-corrected chi connectivity index (χ4v) is 13.5. The number of rotatable bonds is 77. The second kappa shape index (κ2) is 70.8. The van der Waals surface area contributed by atoms with Crippen molar-refractivity contribution in [2.45, 2.75) is 414 Å². The summed E-state index contributed by atoms with van der Waals surface area (Å²) < 4.78 is 68.7. The van der Waals surface area contributed by atoms with Gasteiger partial charge in [-0.25, -0.2) is 9.13 Å². The number of aliphatic hydroxyl groups is 1. The summed E-state index contributed by atoms with van der Waals surface area (Å²) in [6.07, 6.45) is 61.6. The average Bonchev–Trinajstić information content (AvgIpc) is 0.930. The highest BCUT2D eigenvalue weighted by molar-refractivity contribution is 7.47. The Bertz CT molecular complexity index is 2040. The third-order valence-electron chi connectivity index (χ3n) is 19.0. The van der Waals surface area contributed by atoms with E-state index in [0.29, 0.717) is 25.7 Å². The van der Waals surface area contributed by atoms with Gasteiger partial charge in [0.05, 0.1) is 26.4 Å². The van der Waals surface area contributed by atoms with Gasteiger partial charge < -0.3 is 33.8 Å². The molecule has 100 heavy (non-hydrogen) atoms. The van der Waals surface area contributed by atoms with Gasteiger partial charge in [-0.15, -0.1) is 0 Å². The van der Waals surface area contributed by atoms with Crippen LogP contribution in [0.4, 0.5) is 0 Å². The summed E-state index contributed by atoms with van der Waals surface area (Å²) >= 11 is 0. The van der Waals surface area contributed by atoms with Crippen LogP contribution in [0.1, 0.15) is 395 Å². The van der Waals surface area contributed by atoms with Crippen molar-refractivity contribution < 1.29 is 80.2 Å². The summed E-state index contributed by atoms with van der Waals surface area (Å²) in [7, 11) is -9.93. The molecule has 0 saturated carbocycles. The first-order chi connectivity index (χ1) is 48.3. The minimum absolute atomic E-state index is 0.101. The molecule has 4 unspecified atom stereocenters. The molecule has 0 spiro atoms. The molecule has 0 amide bonds. The highest BCUT2D eigenvalue weighted by Gasteiger charge is 2.30. The Hall–Kier alpha value is -2.46. The van der Waals surface area contributed by atoms with E-state index in [1.165, 1.54) is 186 Å². The zero-order chi connectivity index (χ0) is 73.7. The van der Waals surface area contributed by atoms with Crippen molar-refractivity contribution in [1.29, 1.82) is 0 Å². The molecule has 0 radical (unpaired) electrons. The van der Waals surface area contributed by atoms with Crippen LogP contribution in [-0.4, -0.2) is 96.7 Å². The molecular formula is C81H154O17P2. The van der Waals surface area contributed by atoms with E-state index < -0.39 is 97.5 Å². The lowest BCUT2D eigenvalue weighted by Crippen LogP contribution is -2.30. The summed E-state index contributed by atoms with van der Waals surface area (Å²) in [5, 5.41) is 10.6. The Morgan fingerprint density at radius 3 is 0.890 bits per heavy atom. The first kappa shape index (κ1) is 97.5. The fraction of sp³-hybridized carbons (Fsp3) is 0.901. The standard InChI is InChI=1S/C81H154O17P2/c1-8-11-12-13-14-15-16-17-18-22-28-33-41-48-55-62-78(83)91-68-76(97-80(85)64-57-50-43-34-29-23-20-19-21-27-32-39-46-53-60-73(6)9-2)70-95-99(87,88)93-66-75(82)67-94-100(89,90)96-71-77(69-92-79(84)63-56-49-42-37-36-40-47-54-61-74(7)10-3)98-81(86)65-58-51-44-35-30-25-24-26-31-38-45-52-59-72(4)5/h15-18,72-77,82H,8-14,19-71H2,1-7H3,(H,87,88)(H,89,90)/b16-15-,18-17-/t73?,74?,75-,76-,77-/m1/s1. The monoisotopic (exact) mass is 1460 g/mol. The quantitative estimate of drug-likeness (QED) is 0.0169. The number of allylic oxidation sites excluding steroid dienone is 4. The number of aliphatic hydroxyl groups excluding tert-OH is 1. The van der Waals surface area contributed by atoms with Crippen molar-refractivity contribution >= 4 is 39.5 Å². The lowest BCUT2D eigenvalue weighted by Gasteiger charge is -2.21. The zero-order valence-corrected chi connectivity index (χ0v) is 66.9. The van der Waals surface area contributed by atoms with Gasteiger partial charge in [0.2, 0.25) is 0 Å². The number of hydrogen-bond acceptors (Lipinski definition) is 15. The first-order valence-electron chi connectivity index (χ1n) is 41.2. The van der Waals surface area contributed by atoms with Crippen LogP contribution < -0.4 is 0 Å². The highest BCUT2D eigenvalue weighted by atomic mass is 31.2. The Balaban J connectivity index is 5.31. The molecule has 0 aliphatic carbocycles. The molecule has 0 rings (SSSR count). The predicted molar refractivity (Wildman–Crippen MR) is 409 cm³/mol. The smallest absolute Gasteiger partial charge is 0.462 e.